The first-order valence-corrected chi connectivity index (χ1v) is 11.7. The molecule has 0 aliphatic heterocycles. The fraction of sp³-hybridized carbons (Fsp3) is 0.409. The van der Waals surface area contributed by atoms with Gasteiger partial charge in [0, 0.05) is 11.4 Å². The summed E-state index contributed by atoms with van der Waals surface area (Å²) in [6.45, 7) is 12.1. The van der Waals surface area contributed by atoms with Crippen molar-refractivity contribution in [3.8, 4) is 10.6 Å². The third-order valence-corrected chi connectivity index (χ3v) is 6.77. The third-order valence-electron chi connectivity index (χ3n) is 4.91. The zero-order chi connectivity index (χ0) is 22.8. The predicted octanol–water partition coefficient (Wildman–Crippen LogP) is 4.62. The summed E-state index contributed by atoms with van der Waals surface area (Å²) in [5, 5.41) is 9.21. The minimum absolute atomic E-state index is 0.0150. The van der Waals surface area contributed by atoms with Crippen LogP contribution in [0.4, 0.5) is 5.13 Å². The van der Waals surface area contributed by atoms with Gasteiger partial charge in [-0.15, -0.1) is 22.7 Å². The first-order chi connectivity index (χ1) is 14.5. The average Bonchev–Trinajstić information content (AvgIpc) is 3.26. The van der Waals surface area contributed by atoms with Crippen molar-refractivity contribution in [1.82, 2.24) is 20.3 Å². The molecular weight excluding hydrogens is 430 g/mol. The Balaban J connectivity index is 1.63. The molecule has 3 rings (SSSR count). The van der Waals surface area contributed by atoms with E-state index in [0.717, 1.165) is 21.3 Å². The van der Waals surface area contributed by atoms with Crippen molar-refractivity contribution in [2.75, 3.05) is 5.32 Å². The summed E-state index contributed by atoms with van der Waals surface area (Å²) in [6.07, 6.45) is 0.0591. The number of aromatic nitrogens is 3. The van der Waals surface area contributed by atoms with Crippen LogP contribution in [-0.4, -0.2) is 32.8 Å². The molecule has 0 aromatic carbocycles. The molecule has 0 radical (unpaired) electrons. The first-order valence-electron chi connectivity index (χ1n) is 9.99. The van der Waals surface area contributed by atoms with Crippen molar-refractivity contribution in [2.24, 2.45) is 5.41 Å². The molecule has 0 spiro atoms. The lowest BCUT2D eigenvalue weighted by Crippen LogP contribution is -2.41. The van der Waals surface area contributed by atoms with Crippen LogP contribution in [0.5, 0.6) is 0 Å². The van der Waals surface area contributed by atoms with Crippen molar-refractivity contribution in [3.63, 3.8) is 0 Å². The van der Waals surface area contributed by atoms with E-state index in [2.05, 4.69) is 46.4 Å². The molecule has 0 bridgehead atoms. The fourth-order valence-electron chi connectivity index (χ4n) is 2.72. The maximum Gasteiger partial charge on any atom is 0.270 e. The van der Waals surface area contributed by atoms with E-state index in [-0.39, 0.29) is 29.7 Å². The fourth-order valence-corrected chi connectivity index (χ4v) is 4.40. The molecule has 1 atom stereocenters. The largest absolute Gasteiger partial charge is 0.348 e. The second kappa shape index (κ2) is 9.23. The highest BCUT2D eigenvalue weighted by Gasteiger charge is 2.23. The lowest BCUT2D eigenvalue weighted by atomic mass is 9.88. The van der Waals surface area contributed by atoms with E-state index in [9.17, 15) is 9.59 Å². The summed E-state index contributed by atoms with van der Waals surface area (Å²) in [5.74, 6) is -0.476. The van der Waals surface area contributed by atoms with Crippen LogP contribution in [0.2, 0.25) is 0 Å². The van der Waals surface area contributed by atoms with Gasteiger partial charge in [0.1, 0.15) is 5.69 Å². The third kappa shape index (κ3) is 5.95. The van der Waals surface area contributed by atoms with E-state index in [4.69, 9.17) is 0 Å². The van der Waals surface area contributed by atoms with Gasteiger partial charge in [-0.2, -0.15) is 0 Å². The zero-order valence-electron chi connectivity index (χ0n) is 18.6. The summed E-state index contributed by atoms with van der Waals surface area (Å²) in [4.78, 5) is 39.3. The van der Waals surface area contributed by atoms with Crippen LogP contribution in [0, 0.1) is 19.3 Å². The van der Waals surface area contributed by atoms with Gasteiger partial charge in [0.15, 0.2) is 5.13 Å². The van der Waals surface area contributed by atoms with Crippen LogP contribution in [0.25, 0.3) is 10.6 Å². The first kappa shape index (κ1) is 23.0. The standard InChI is InChI=1S/C22H27N5O2S2/c1-12-19(31-14(3)23-12)17-11-30-21(26-17)27-18(28)10-15-8-7-9-16(25-15)20(29)24-13(2)22(4,5)6/h7-9,11,13H,10H2,1-6H3,(H,24,29)(H,26,27,28)/t13-/m1/s1. The van der Waals surface area contributed by atoms with Gasteiger partial charge in [-0.3, -0.25) is 9.59 Å². The number of anilines is 1. The molecule has 31 heavy (non-hydrogen) atoms. The average molecular weight is 458 g/mol. The predicted molar refractivity (Wildman–Crippen MR) is 126 cm³/mol. The Labute approximate surface area is 190 Å². The molecule has 0 aliphatic rings. The lowest BCUT2D eigenvalue weighted by molar-refractivity contribution is -0.115. The van der Waals surface area contributed by atoms with Crippen LogP contribution in [0.3, 0.4) is 0 Å². The summed E-state index contributed by atoms with van der Waals surface area (Å²) in [6, 6.07) is 5.11. The quantitative estimate of drug-likeness (QED) is 0.563. The second-order valence-corrected chi connectivity index (χ2v) is 10.5. The van der Waals surface area contributed by atoms with Crippen LogP contribution in [0.1, 0.15) is 54.6 Å². The van der Waals surface area contributed by atoms with Gasteiger partial charge >= 0.3 is 0 Å². The monoisotopic (exact) mass is 457 g/mol. The Morgan fingerprint density at radius 3 is 2.52 bits per heavy atom. The van der Waals surface area contributed by atoms with E-state index in [1.165, 1.54) is 11.3 Å². The molecule has 7 nitrogen and oxygen atoms in total. The number of nitrogens with one attached hydrogen (secondary N) is 2. The van der Waals surface area contributed by atoms with Crippen LogP contribution in [-0.2, 0) is 11.2 Å². The van der Waals surface area contributed by atoms with Crippen molar-refractivity contribution in [3.05, 3.63) is 45.7 Å². The van der Waals surface area contributed by atoms with Gasteiger partial charge in [0.05, 0.1) is 33.4 Å². The highest BCUT2D eigenvalue weighted by atomic mass is 32.1. The van der Waals surface area contributed by atoms with Crippen molar-refractivity contribution >= 4 is 39.6 Å². The maximum absolute atomic E-state index is 12.5. The number of hydrogen-bond donors (Lipinski definition) is 2. The van der Waals surface area contributed by atoms with E-state index < -0.39 is 0 Å². The molecule has 9 heteroatoms. The number of rotatable bonds is 6. The molecule has 3 heterocycles. The van der Waals surface area contributed by atoms with Gasteiger partial charge < -0.3 is 10.6 Å². The number of carbonyl (C=O) groups is 2. The number of hydrogen-bond acceptors (Lipinski definition) is 7. The molecule has 0 saturated heterocycles. The number of thiazole rings is 2. The summed E-state index contributed by atoms with van der Waals surface area (Å²) in [7, 11) is 0. The minimum Gasteiger partial charge on any atom is -0.348 e. The van der Waals surface area contributed by atoms with Gasteiger partial charge in [0.2, 0.25) is 5.91 Å². The van der Waals surface area contributed by atoms with Gasteiger partial charge in [0.25, 0.3) is 5.91 Å². The second-order valence-electron chi connectivity index (χ2n) is 8.49. The number of nitrogens with zero attached hydrogens (tertiary/aromatic N) is 3. The molecule has 3 aromatic heterocycles. The topological polar surface area (TPSA) is 96.9 Å². The number of amides is 2. The Kier molecular flexibility index (Phi) is 6.86. The normalized spacial score (nSPS) is 12.5. The molecule has 3 aromatic rings. The summed E-state index contributed by atoms with van der Waals surface area (Å²) in [5.41, 5.74) is 2.52. The number of aryl methyl sites for hydroxylation is 2. The Morgan fingerprint density at radius 1 is 1.13 bits per heavy atom. The van der Waals surface area contributed by atoms with E-state index >= 15 is 0 Å². The molecular formula is C22H27N5O2S2. The summed E-state index contributed by atoms with van der Waals surface area (Å²) < 4.78 is 0. The van der Waals surface area contributed by atoms with Crippen LogP contribution < -0.4 is 10.6 Å². The summed E-state index contributed by atoms with van der Waals surface area (Å²) >= 11 is 2.95. The van der Waals surface area contributed by atoms with E-state index in [1.807, 2.05) is 26.2 Å². The van der Waals surface area contributed by atoms with Gasteiger partial charge in [-0.05, 0) is 38.3 Å². The molecule has 0 unspecified atom stereocenters. The maximum atomic E-state index is 12.5. The van der Waals surface area contributed by atoms with Crippen LogP contribution in [0.15, 0.2) is 23.6 Å². The lowest BCUT2D eigenvalue weighted by Gasteiger charge is -2.27. The minimum atomic E-state index is -0.246. The Morgan fingerprint density at radius 2 is 1.87 bits per heavy atom. The molecule has 0 aliphatic carbocycles. The van der Waals surface area contributed by atoms with Crippen molar-refractivity contribution < 1.29 is 9.59 Å². The smallest absolute Gasteiger partial charge is 0.270 e. The van der Waals surface area contributed by atoms with E-state index in [0.29, 0.717) is 16.5 Å². The number of pyridine rings is 1. The molecule has 2 N–H and O–H groups in total. The molecule has 0 fully saturated rings. The van der Waals surface area contributed by atoms with Crippen LogP contribution >= 0.6 is 22.7 Å². The van der Waals surface area contributed by atoms with Crippen molar-refractivity contribution in [2.45, 2.75) is 54.0 Å². The van der Waals surface area contributed by atoms with Crippen molar-refractivity contribution in [1.29, 1.82) is 0 Å². The SMILES string of the molecule is Cc1nc(C)c(-c2csc(NC(=O)Cc3cccc(C(=O)N[C@H](C)C(C)(C)C)n3)n2)s1. The zero-order valence-corrected chi connectivity index (χ0v) is 20.2. The Hall–Kier alpha value is -2.65. The molecule has 2 amide bonds. The van der Waals surface area contributed by atoms with Gasteiger partial charge in [-0.1, -0.05) is 26.8 Å². The van der Waals surface area contributed by atoms with Gasteiger partial charge in [-0.25, -0.2) is 15.0 Å². The number of carbonyl (C=O) groups excluding carboxylic acids is 2. The molecule has 0 saturated carbocycles. The van der Waals surface area contributed by atoms with E-state index in [1.54, 1.807) is 29.5 Å². The Bertz CT molecular complexity index is 1100. The highest BCUT2D eigenvalue weighted by molar-refractivity contribution is 7.16. The molecule has 164 valence electrons. The highest BCUT2D eigenvalue weighted by Crippen LogP contribution is 2.32.